The molecule has 1 fully saturated rings. The maximum absolute atomic E-state index is 7.16. The zero-order valence-corrected chi connectivity index (χ0v) is 49.5. The van der Waals surface area contributed by atoms with Gasteiger partial charge in [-0.05, 0) is 47.7 Å². The highest BCUT2D eigenvalue weighted by Crippen LogP contribution is 2.59. The first-order valence-electron chi connectivity index (χ1n) is 29.3. The molecule has 2 aromatic heterocycles. The van der Waals surface area contributed by atoms with Gasteiger partial charge in [0.15, 0.2) is 0 Å². The molecule has 1 aliphatic rings. The van der Waals surface area contributed by atoms with Gasteiger partial charge < -0.3 is 8.83 Å². The number of nitrogens with zero attached hydrogens (tertiary/aromatic N) is 1. The molecule has 8 aromatic rings. The van der Waals surface area contributed by atoms with E-state index < -0.39 is 32.3 Å². The molecule has 0 amide bonds. The van der Waals surface area contributed by atoms with Crippen LogP contribution in [0.2, 0.25) is 36.3 Å². The lowest BCUT2D eigenvalue weighted by molar-refractivity contribution is 0.355. The van der Waals surface area contributed by atoms with Crippen LogP contribution in [0.5, 0.6) is 0 Å². The van der Waals surface area contributed by atoms with E-state index in [9.17, 15) is 0 Å². The Bertz CT molecular complexity index is 2740. The first kappa shape index (κ1) is 54.0. The lowest BCUT2D eigenvalue weighted by Crippen LogP contribution is -2.48. The van der Waals surface area contributed by atoms with E-state index in [1.165, 1.54) is 188 Å². The summed E-state index contributed by atoms with van der Waals surface area (Å²) < 4.78 is 17.5. The summed E-state index contributed by atoms with van der Waals surface area (Å²) in [7, 11) is -5.72. The van der Waals surface area contributed by atoms with Crippen molar-refractivity contribution in [2.45, 2.75) is 193 Å². The summed E-state index contributed by atoms with van der Waals surface area (Å²) >= 11 is 0. The number of rotatable bonds is 27. The second-order valence-corrected chi connectivity index (χ2v) is 35.7. The van der Waals surface area contributed by atoms with Crippen LogP contribution in [0.25, 0.3) is 43.9 Å². The van der Waals surface area contributed by atoms with Crippen molar-refractivity contribution in [1.82, 2.24) is 4.44 Å². The minimum Gasteiger partial charge on any atom is -0.455 e. The topological polar surface area (TPSA) is 29.5 Å². The van der Waals surface area contributed by atoms with Crippen molar-refractivity contribution in [1.29, 1.82) is 0 Å². The Labute approximate surface area is 444 Å². The molecule has 0 spiro atoms. The molecule has 0 N–H and O–H groups in total. The van der Waals surface area contributed by atoms with Crippen LogP contribution >= 0.6 is 16.1 Å². The molecule has 0 radical (unpaired) electrons. The van der Waals surface area contributed by atoms with Gasteiger partial charge in [-0.1, -0.05) is 294 Å². The zero-order valence-electron chi connectivity index (χ0n) is 45.7. The minimum atomic E-state index is -1.74. The lowest BCUT2D eigenvalue weighted by Gasteiger charge is -2.45. The smallest absolute Gasteiger partial charge is 0.144 e. The van der Waals surface area contributed by atoms with E-state index in [2.05, 4.69) is 179 Å². The van der Waals surface area contributed by atoms with Crippen LogP contribution in [0, 0.1) is 0 Å². The standard InChI is InChI=1S/C66H87NO2P2Si2/c1-7-13-46-72(47-14-8-2,48-15-9-3)55-42-38-53(39-43-55)70(54-40-44-56(45-41-54)73(49-16-10-4,50-17-11-5)51-18-12-6)67(52-28-20-19-21-29-52)71(63-36-26-32-59-57-30-22-24-34-61(57)68-65(59)63)64-37-27-33-60-58-31-23-25-35-62(58)69-66(60)64/h22-27,30-45,52H,7-21,28-29,46-51H2,1-6H3. The van der Waals surface area contributed by atoms with Crippen molar-refractivity contribution in [3.8, 4) is 0 Å². The third kappa shape index (κ3) is 11.6. The summed E-state index contributed by atoms with van der Waals surface area (Å²) in [5, 5.41) is 13.8. The van der Waals surface area contributed by atoms with Crippen molar-refractivity contribution in [3.05, 3.63) is 133 Å². The summed E-state index contributed by atoms with van der Waals surface area (Å²) in [5.41, 5.74) is 3.98. The fraction of sp³-hybridized carbons (Fsp3) is 0.455. The van der Waals surface area contributed by atoms with Crippen molar-refractivity contribution >= 4 is 108 Å². The van der Waals surface area contributed by atoms with Gasteiger partial charge in [-0.2, -0.15) is 0 Å². The predicted molar refractivity (Wildman–Crippen MR) is 330 cm³/mol. The highest BCUT2D eigenvalue weighted by molar-refractivity contribution is 7.85. The van der Waals surface area contributed by atoms with Gasteiger partial charge >= 0.3 is 0 Å². The van der Waals surface area contributed by atoms with Crippen LogP contribution in [0.15, 0.2) is 142 Å². The molecule has 73 heavy (non-hydrogen) atoms. The Balaban J connectivity index is 1.32. The van der Waals surface area contributed by atoms with Crippen molar-refractivity contribution in [2.75, 3.05) is 0 Å². The molecule has 1 saturated carbocycles. The second kappa shape index (κ2) is 25.8. The molecule has 0 aliphatic heterocycles. The first-order chi connectivity index (χ1) is 35.9. The van der Waals surface area contributed by atoms with Gasteiger partial charge in [0.05, 0.1) is 16.1 Å². The number of hydrogen-bond acceptors (Lipinski definition) is 3. The maximum atomic E-state index is 7.16. The largest absolute Gasteiger partial charge is 0.455 e. The van der Waals surface area contributed by atoms with Gasteiger partial charge in [-0.25, -0.2) is 4.44 Å². The Morgan fingerprint density at radius 3 is 1.12 bits per heavy atom. The fourth-order valence-corrected chi connectivity index (χ4v) is 30.6. The first-order valence-corrected chi connectivity index (χ1v) is 37.2. The van der Waals surface area contributed by atoms with Gasteiger partial charge in [0, 0.05) is 54.3 Å². The molecular formula is C66H87NO2P2Si2. The van der Waals surface area contributed by atoms with E-state index in [-0.39, 0.29) is 0 Å². The predicted octanol–water partition coefficient (Wildman–Crippen LogP) is 18.6. The third-order valence-corrected chi connectivity index (χ3v) is 33.8. The molecule has 386 valence electrons. The normalized spacial score (nSPS) is 14.1. The van der Waals surface area contributed by atoms with E-state index in [1.807, 2.05) is 0 Å². The van der Waals surface area contributed by atoms with Crippen LogP contribution < -0.4 is 31.6 Å². The van der Waals surface area contributed by atoms with Gasteiger partial charge in [0.25, 0.3) is 0 Å². The average Bonchev–Trinajstić information content (AvgIpc) is 4.03. The van der Waals surface area contributed by atoms with Crippen molar-refractivity contribution in [3.63, 3.8) is 0 Å². The Morgan fingerprint density at radius 2 is 0.753 bits per heavy atom. The van der Waals surface area contributed by atoms with Gasteiger partial charge in [-0.3, -0.25) is 0 Å². The molecule has 3 nitrogen and oxygen atoms in total. The number of furan rings is 2. The van der Waals surface area contributed by atoms with Gasteiger partial charge in [0.1, 0.15) is 22.3 Å². The van der Waals surface area contributed by atoms with Gasteiger partial charge in [-0.15, -0.1) is 0 Å². The summed E-state index contributed by atoms with van der Waals surface area (Å²) in [6.07, 6.45) is 22.0. The molecule has 9 rings (SSSR count). The summed E-state index contributed by atoms with van der Waals surface area (Å²) in [6, 6.07) is 61.8. The van der Waals surface area contributed by atoms with Crippen molar-refractivity contribution in [2.24, 2.45) is 0 Å². The summed E-state index contributed by atoms with van der Waals surface area (Å²) in [5.74, 6) is 0. The van der Waals surface area contributed by atoms with Crippen molar-refractivity contribution < 1.29 is 8.83 Å². The van der Waals surface area contributed by atoms with Gasteiger partial charge in [0.2, 0.25) is 0 Å². The molecule has 6 aromatic carbocycles. The van der Waals surface area contributed by atoms with Crippen LogP contribution in [0.3, 0.4) is 0 Å². The van der Waals surface area contributed by atoms with Crippen LogP contribution in [-0.2, 0) is 0 Å². The molecule has 0 unspecified atom stereocenters. The minimum absolute atomic E-state index is 0.392. The number of para-hydroxylation sites is 4. The van der Waals surface area contributed by atoms with E-state index in [1.54, 1.807) is 10.4 Å². The van der Waals surface area contributed by atoms with Crippen LogP contribution in [0.1, 0.15) is 151 Å². The summed E-state index contributed by atoms with van der Waals surface area (Å²) in [4.78, 5) is 0. The molecule has 1 aliphatic carbocycles. The molecule has 0 saturated heterocycles. The number of benzene rings is 6. The summed E-state index contributed by atoms with van der Waals surface area (Å²) in [6.45, 7) is 14.4. The highest BCUT2D eigenvalue weighted by atomic mass is 31.2. The van der Waals surface area contributed by atoms with E-state index >= 15 is 0 Å². The quantitative estimate of drug-likeness (QED) is 0.0380. The Hall–Kier alpha value is -3.83. The number of unbranched alkanes of at least 4 members (excludes halogenated alkanes) is 6. The lowest BCUT2D eigenvalue weighted by atomic mass is 9.96. The third-order valence-electron chi connectivity index (χ3n) is 17.0. The van der Waals surface area contributed by atoms with E-state index in [0.29, 0.717) is 6.04 Å². The fourth-order valence-electron chi connectivity index (χ4n) is 12.9. The Kier molecular flexibility index (Phi) is 19.1. The molecule has 0 atom stereocenters. The molecule has 7 heteroatoms. The number of fused-ring (bicyclic) bond motifs is 6. The second-order valence-electron chi connectivity index (χ2n) is 22.0. The molecular weight excluding hydrogens is 957 g/mol. The maximum Gasteiger partial charge on any atom is 0.144 e. The average molecular weight is 1040 g/mol. The van der Waals surface area contributed by atoms with Crippen LogP contribution in [-0.4, -0.2) is 26.6 Å². The SMILES string of the molecule is CCCC[Si](CCCC)(CCCC)c1ccc(P(c2ccc([Si](CCCC)(CCCC)CCCC)cc2)N(C2CCCCC2)P(c2cccc3c2oc2ccccc23)c2cccc3c2oc2ccccc23)cc1. The van der Waals surface area contributed by atoms with E-state index in [4.69, 9.17) is 8.83 Å². The monoisotopic (exact) mass is 1040 g/mol. The highest BCUT2D eigenvalue weighted by Gasteiger charge is 2.42. The van der Waals surface area contributed by atoms with E-state index in [0.717, 1.165) is 22.3 Å². The number of hydrogen-bond donors (Lipinski definition) is 0. The molecule has 2 heterocycles. The van der Waals surface area contributed by atoms with Crippen LogP contribution in [0.4, 0.5) is 0 Å². The molecule has 0 bridgehead atoms. The zero-order chi connectivity index (χ0) is 50.6. The Morgan fingerprint density at radius 1 is 0.397 bits per heavy atom.